The van der Waals surface area contributed by atoms with E-state index >= 15 is 0 Å². The summed E-state index contributed by atoms with van der Waals surface area (Å²) in [6.45, 7) is 4.13. The number of hydrogen-bond donors (Lipinski definition) is 1. The first kappa shape index (κ1) is 16.7. The molecular formula is C15H26N4O3. The van der Waals surface area contributed by atoms with Gasteiger partial charge < -0.3 is 15.1 Å². The number of urea groups is 1. The van der Waals surface area contributed by atoms with E-state index in [1.807, 2.05) is 4.90 Å². The number of carbonyl (C=O) groups excluding carboxylic acids is 3. The predicted octanol–water partition coefficient (Wildman–Crippen LogP) is 0.117. The highest BCUT2D eigenvalue weighted by Gasteiger charge is 2.35. The Morgan fingerprint density at radius 2 is 2.05 bits per heavy atom. The van der Waals surface area contributed by atoms with Crippen molar-refractivity contribution in [2.75, 3.05) is 40.3 Å². The van der Waals surface area contributed by atoms with Gasteiger partial charge in [0.2, 0.25) is 11.8 Å². The molecule has 0 aromatic carbocycles. The summed E-state index contributed by atoms with van der Waals surface area (Å²) in [6.07, 6.45) is 1.97. The molecule has 0 radical (unpaired) electrons. The van der Waals surface area contributed by atoms with Gasteiger partial charge in [0.25, 0.3) is 0 Å². The zero-order valence-electron chi connectivity index (χ0n) is 13.7. The standard InChI is InChI=1S/C15H26N4O3/c1-4-11-9-18(10-12(11)17(2)3)13(20)6-5-7-19-14(21)8-16-15(19)22/h11-12H,4-10H2,1-3H3,(H,16,22)/t11-,12-/m0/s1. The van der Waals surface area contributed by atoms with Gasteiger partial charge in [0, 0.05) is 32.1 Å². The van der Waals surface area contributed by atoms with Gasteiger partial charge in [-0.1, -0.05) is 13.3 Å². The average molecular weight is 310 g/mol. The van der Waals surface area contributed by atoms with Crippen LogP contribution in [0.5, 0.6) is 0 Å². The van der Waals surface area contributed by atoms with Crippen molar-refractivity contribution in [3.05, 3.63) is 0 Å². The van der Waals surface area contributed by atoms with Gasteiger partial charge in [0.05, 0.1) is 6.54 Å². The van der Waals surface area contributed by atoms with Crippen LogP contribution < -0.4 is 5.32 Å². The summed E-state index contributed by atoms with van der Waals surface area (Å²) in [4.78, 5) is 40.5. The van der Waals surface area contributed by atoms with Gasteiger partial charge in [0.1, 0.15) is 0 Å². The lowest BCUT2D eigenvalue weighted by atomic mass is 10.0. The highest BCUT2D eigenvalue weighted by Crippen LogP contribution is 2.24. The van der Waals surface area contributed by atoms with E-state index in [0.717, 1.165) is 19.5 Å². The molecule has 124 valence electrons. The van der Waals surface area contributed by atoms with Crippen LogP contribution >= 0.6 is 0 Å². The van der Waals surface area contributed by atoms with Crippen molar-refractivity contribution in [2.24, 2.45) is 5.92 Å². The molecule has 0 aromatic rings. The minimum atomic E-state index is -0.350. The molecule has 4 amide bonds. The fourth-order valence-electron chi connectivity index (χ4n) is 3.27. The molecule has 0 saturated carbocycles. The van der Waals surface area contributed by atoms with E-state index in [2.05, 4.69) is 31.2 Å². The third-order valence-corrected chi connectivity index (χ3v) is 4.66. The topological polar surface area (TPSA) is 73.0 Å². The zero-order valence-corrected chi connectivity index (χ0v) is 13.7. The second-order valence-corrected chi connectivity index (χ2v) is 6.31. The normalized spacial score (nSPS) is 25.3. The molecule has 2 aliphatic heterocycles. The smallest absolute Gasteiger partial charge is 0.324 e. The summed E-state index contributed by atoms with van der Waals surface area (Å²) in [5, 5.41) is 2.48. The number of nitrogens with zero attached hydrogens (tertiary/aromatic N) is 3. The van der Waals surface area contributed by atoms with Crippen LogP contribution in [0.15, 0.2) is 0 Å². The maximum Gasteiger partial charge on any atom is 0.324 e. The lowest BCUT2D eigenvalue weighted by Gasteiger charge is -2.23. The first-order chi connectivity index (χ1) is 10.4. The number of nitrogens with one attached hydrogen (secondary N) is 1. The van der Waals surface area contributed by atoms with Crippen LogP contribution in [0.4, 0.5) is 4.79 Å². The Morgan fingerprint density at radius 1 is 1.32 bits per heavy atom. The number of likely N-dealkylation sites (tertiary alicyclic amines) is 1. The van der Waals surface area contributed by atoms with Crippen LogP contribution in [0.25, 0.3) is 0 Å². The van der Waals surface area contributed by atoms with E-state index < -0.39 is 0 Å². The molecule has 1 N–H and O–H groups in total. The summed E-state index contributed by atoms with van der Waals surface area (Å²) in [7, 11) is 4.11. The van der Waals surface area contributed by atoms with Crippen LogP contribution in [0, 0.1) is 5.92 Å². The summed E-state index contributed by atoms with van der Waals surface area (Å²) in [5.41, 5.74) is 0. The van der Waals surface area contributed by atoms with Crippen molar-refractivity contribution >= 4 is 17.8 Å². The lowest BCUT2D eigenvalue weighted by Crippen LogP contribution is -2.36. The minimum absolute atomic E-state index is 0.0710. The minimum Gasteiger partial charge on any atom is -0.341 e. The molecule has 7 heteroatoms. The lowest BCUT2D eigenvalue weighted by molar-refractivity contribution is -0.131. The van der Waals surface area contributed by atoms with Crippen molar-refractivity contribution in [1.29, 1.82) is 0 Å². The maximum absolute atomic E-state index is 12.3. The van der Waals surface area contributed by atoms with Crippen LogP contribution in [0.1, 0.15) is 26.2 Å². The maximum atomic E-state index is 12.3. The quantitative estimate of drug-likeness (QED) is 0.707. The van der Waals surface area contributed by atoms with E-state index in [0.29, 0.717) is 31.3 Å². The fourth-order valence-corrected chi connectivity index (χ4v) is 3.27. The number of imide groups is 1. The second-order valence-electron chi connectivity index (χ2n) is 6.31. The molecule has 2 atom stereocenters. The van der Waals surface area contributed by atoms with Crippen LogP contribution in [0.2, 0.25) is 0 Å². The monoisotopic (exact) mass is 310 g/mol. The Balaban J connectivity index is 1.78. The third kappa shape index (κ3) is 3.58. The Labute approximate surface area is 131 Å². The SMILES string of the molecule is CC[C@H]1CN(C(=O)CCCN2C(=O)CNC2=O)C[C@@H]1N(C)C. The molecule has 2 aliphatic rings. The summed E-state index contributed by atoms with van der Waals surface area (Å²) in [6, 6.07) is 0.0669. The second kappa shape index (κ2) is 7.09. The first-order valence-corrected chi connectivity index (χ1v) is 7.96. The molecule has 0 unspecified atom stereocenters. The molecule has 22 heavy (non-hydrogen) atoms. The molecule has 2 rings (SSSR count). The van der Waals surface area contributed by atoms with Crippen LogP contribution in [-0.2, 0) is 9.59 Å². The number of carbonyl (C=O) groups is 3. The van der Waals surface area contributed by atoms with Crippen molar-refractivity contribution in [3.63, 3.8) is 0 Å². The molecule has 0 aromatic heterocycles. The average Bonchev–Trinajstić information content (AvgIpc) is 3.05. The number of likely N-dealkylation sites (N-methyl/N-ethyl adjacent to an activating group) is 1. The van der Waals surface area contributed by atoms with Gasteiger partial charge >= 0.3 is 6.03 Å². The van der Waals surface area contributed by atoms with Gasteiger partial charge in [-0.05, 0) is 26.4 Å². The molecule has 2 heterocycles. The Bertz CT molecular complexity index is 436. The zero-order chi connectivity index (χ0) is 16.3. The number of amides is 4. The molecule has 0 spiro atoms. The van der Waals surface area contributed by atoms with Crippen molar-refractivity contribution < 1.29 is 14.4 Å². The van der Waals surface area contributed by atoms with E-state index in [4.69, 9.17) is 0 Å². The van der Waals surface area contributed by atoms with Crippen molar-refractivity contribution in [3.8, 4) is 0 Å². The summed E-state index contributed by atoms with van der Waals surface area (Å²) in [5.74, 6) is 0.428. The molecule has 0 bridgehead atoms. The Hall–Kier alpha value is -1.63. The van der Waals surface area contributed by atoms with Gasteiger partial charge in [-0.2, -0.15) is 0 Å². The van der Waals surface area contributed by atoms with Crippen LogP contribution in [0.3, 0.4) is 0 Å². The van der Waals surface area contributed by atoms with E-state index in [-0.39, 0.29) is 24.4 Å². The highest BCUT2D eigenvalue weighted by molar-refractivity contribution is 6.01. The van der Waals surface area contributed by atoms with Gasteiger partial charge in [-0.25, -0.2) is 4.79 Å². The highest BCUT2D eigenvalue weighted by atomic mass is 16.2. The largest absolute Gasteiger partial charge is 0.341 e. The van der Waals surface area contributed by atoms with E-state index in [1.54, 1.807) is 0 Å². The summed E-state index contributed by atoms with van der Waals surface area (Å²) < 4.78 is 0. The van der Waals surface area contributed by atoms with Gasteiger partial charge in [0.15, 0.2) is 0 Å². The fraction of sp³-hybridized carbons (Fsp3) is 0.800. The van der Waals surface area contributed by atoms with Crippen molar-refractivity contribution in [1.82, 2.24) is 20.0 Å². The Morgan fingerprint density at radius 3 is 2.55 bits per heavy atom. The molecule has 0 aliphatic carbocycles. The number of hydrogen-bond acceptors (Lipinski definition) is 4. The van der Waals surface area contributed by atoms with Crippen LogP contribution in [-0.4, -0.2) is 78.9 Å². The van der Waals surface area contributed by atoms with E-state index in [9.17, 15) is 14.4 Å². The van der Waals surface area contributed by atoms with E-state index in [1.165, 1.54) is 4.90 Å². The molecule has 7 nitrogen and oxygen atoms in total. The van der Waals surface area contributed by atoms with Gasteiger partial charge in [-0.3, -0.25) is 14.5 Å². The van der Waals surface area contributed by atoms with Gasteiger partial charge in [-0.15, -0.1) is 0 Å². The van der Waals surface area contributed by atoms with Crippen molar-refractivity contribution in [2.45, 2.75) is 32.2 Å². The first-order valence-electron chi connectivity index (χ1n) is 7.96. The molecular weight excluding hydrogens is 284 g/mol. The Kier molecular flexibility index (Phi) is 5.39. The molecule has 2 saturated heterocycles. The summed E-state index contributed by atoms with van der Waals surface area (Å²) >= 11 is 0. The molecule has 2 fully saturated rings. The number of rotatable bonds is 6. The third-order valence-electron chi connectivity index (χ3n) is 4.66. The predicted molar refractivity (Wildman–Crippen MR) is 82.2 cm³/mol.